The van der Waals surface area contributed by atoms with Gasteiger partial charge in [-0.3, -0.25) is 9.59 Å². The highest BCUT2D eigenvalue weighted by Crippen LogP contribution is 2.39. The second-order valence-electron chi connectivity index (χ2n) is 10.5. The number of rotatable bonds is 6. The van der Waals surface area contributed by atoms with Crippen LogP contribution < -0.4 is 10.6 Å². The molecule has 2 saturated heterocycles. The lowest BCUT2D eigenvalue weighted by Crippen LogP contribution is -2.59. The van der Waals surface area contributed by atoms with Gasteiger partial charge >= 0.3 is 0 Å². The number of aromatic nitrogens is 2. The maximum absolute atomic E-state index is 14.2. The minimum absolute atomic E-state index is 0.00384. The van der Waals surface area contributed by atoms with E-state index in [0.29, 0.717) is 25.6 Å². The lowest BCUT2D eigenvalue weighted by Gasteiger charge is -2.38. The zero-order valence-electron chi connectivity index (χ0n) is 20.6. The van der Waals surface area contributed by atoms with Crippen LogP contribution in [-0.4, -0.2) is 63.6 Å². The van der Waals surface area contributed by atoms with E-state index in [9.17, 15) is 18.4 Å². The first-order chi connectivity index (χ1) is 16.4. The molecule has 2 N–H and O–H groups in total. The van der Waals surface area contributed by atoms with Gasteiger partial charge in [-0.1, -0.05) is 0 Å². The second kappa shape index (κ2) is 9.42. The van der Waals surface area contributed by atoms with Crippen molar-refractivity contribution >= 4 is 29.0 Å². The Morgan fingerprint density at radius 2 is 2.03 bits per heavy atom. The number of pyridine rings is 1. The summed E-state index contributed by atoms with van der Waals surface area (Å²) < 4.78 is 33.6. The van der Waals surface area contributed by atoms with Crippen LogP contribution in [0.3, 0.4) is 0 Å². The lowest BCUT2D eigenvalue weighted by molar-refractivity contribution is -0.0593. The lowest BCUT2D eigenvalue weighted by atomic mass is 10.0. The number of amides is 2. The molecule has 0 unspecified atom stereocenters. The molecule has 11 heteroatoms. The zero-order chi connectivity index (χ0) is 25.5. The number of carbonyl (C=O) groups is 2. The number of likely N-dealkylation sites (tertiary alicyclic amines) is 1. The van der Waals surface area contributed by atoms with Crippen LogP contribution in [0.15, 0.2) is 12.3 Å². The van der Waals surface area contributed by atoms with Crippen molar-refractivity contribution in [2.45, 2.75) is 71.0 Å². The highest BCUT2D eigenvalue weighted by molar-refractivity contribution is 7.17. The maximum atomic E-state index is 14.2. The highest BCUT2D eigenvalue weighted by atomic mass is 32.1. The number of hydrogen-bond donors (Lipinski definition) is 2. The summed E-state index contributed by atoms with van der Waals surface area (Å²) in [4.78, 5) is 37.1. The van der Waals surface area contributed by atoms with E-state index in [2.05, 4.69) is 20.6 Å². The number of nitrogens with zero attached hydrogens (tertiary/aromatic N) is 3. The van der Waals surface area contributed by atoms with Crippen LogP contribution in [0.5, 0.6) is 0 Å². The van der Waals surface area contributed by atoms with Gasteiger partial charge in [0.2, 0.25) is 0 Å². The number of hydrogen-bond acceptors (Lipinski definition) is 7. The summed E-state index contributed by atoms with van der Waals surface area (Å²) >= 11 is 0.930. The molecule has 4 rings (SSSR count). The topological polar surface area (TPSA) is 96.5 Å². The van der Waals surface area contributed by atoms with Crippen LogP contribution in [0.1, 0.15) is 79.7 Å². The minimum Gasteiger partial charge on any atom is -0.376 e. The molecule has 0 radical (unpaired) electrons. The number of thiazole rings is 1. The van der Waals surface area contributed by atoms with E-state index in [1.165, 1.54) is 12.3 Å². The summed E-state index contributed by atoms with van der Waals surface area (Å²) in [7, 11) is 0. The first kappa shape index (κ1) is 25.4. The average molecular weight is 508 g/mol. The normalized spacial score (nSPS) is 19.5. The number of carbonyl (C=O) groups excluding carboxylic acids is 2. The number of halogens is 2. The molecule has 0 spiro atoms. The van der Waals surface area contributed by atoms with Gasteiger partial charge in [0.15, 0.2) is 5.01 Å². The van der Waals surface area contributed by atoms with Crippen molar-refractivity contribution in [2.75, 3.05) is 25.1 Å². The van der Waals surface area contributed by atoms with Gasteiger partial charge in [0.25, 0.3) is 18.2 Å². The molecule has 2 aliphatic rings. The highest BCUT2D eigenvalue weighted by Gasteiger charge is 2.37. The first-order valence-electron chi connectivity index (χ1n) is 11.7. The number of ether oxygens (including phenoxy) is 1. The molecule has 0 aliphatic carbocycles. The van der Waals surface area contributed by atoms with E-state index in [1.807, 2.05) is 34.6 Å². The molecule has 2 aliphatic heterocycles. The molecule has 1 atom stereocenters. The Morgan fingerprint density at radius 3 is 2.57 bits per heavy atom. The summed E-state index contributed by atoms with van der Waals surface area (Å²) in [5.74, 6) is -0.526. The maximum Gasteiger partial charge on any atom is 0.280 e. The van der Waals surface area contributed by atoms with E-state index in [1.54, 1.807) is 4.90 Å². The van der Waals surface area contributed by atoms with Gasteiger partial charge < -0.3 is 20.3 Å². The van der Waals surface area contributed by atoms with Crippen molar-refractivity contribution in [3.63, 3.8) is 0 Å². The Labute approximate surface area is 207 Å². The van der Waals surface area contributed by atoms with E-state index in [4.69, 9.17) is 4.74 Å². The van der Waals surface area contributed by atoms with Gasteiger partial charge in [0.1, 0.15) is 11.5 Å². The zero-order valence-corrected chi connectivity index (χ0v) is 21.4. The molecule has 2 aromatic rings. The Morgan fingerprint density at radius 1 is 1.31 bits per heavy atom. The predicted molar refractivity (Wildman–Crippen MR) is 130 cm³/mol. The largest absolute Gasteiger partial charge is 0.376 e. The van der Waals surface area contributed by atoms with Crippen LogP contribution in [0, 0.1) is 0 Å². The summed E-state index contributed by atoms with van der Waals surface area (Å²) in [5, 5.41) is 6.02. The minimum atomic E-state index is -2.81. The average Bonchev–Trinajstić information content (AvgIpc) is 3.37. The third kappa shape index (κ3) is 5.45. The smallest absolute Gasteiger partial charge is 0.280 e. The SMILES string of the molecule is C[C@H]1CCCN1C(=O)c1nc(C(=O)NC2(C)COC2)sc1-c1cnc(NC(C)(C)C)cc1C(F)F. The second-order valence-corrected chi connectivity index (χ2v) is 11.5. The van der Waals surface area contributed by atoms with Gasteiger partial charge in [0, 0.05) is 35.4 Å². The Balaban J connectivity index is 1.78. The summed E-state index contributed by atoms with van der Waals surface area (Å²) in [6.07, 6.45) is 0.228. The van der Waals surface area contributed by atoms with E-state index < -0.39 is 17.9 Å². The Kier molecular flexibility index (Phi) is 6.85. The quantitative estimate of drug-likeness (QED) is 0.598. The third-order valence-corrected chi connectivity index (χ3v) is 7.10. The van der Waals surface area contributed by atoms with Crippen molar-refractivity contribution in [1.82, 2.24) is 20.2 Å². The fourth-order valence-electron chi connectivity index (χ4n) is 4.22. The molecule has 2 amide bonds. The molecule has 8 nitrogen and oxygen atoms in total. The van der Waals surface area contributed by atoms with Crippen LogP contribution in [0.2, 0.25) is 0 Å². The van der Waals surface area contributed by atoms with Gasteiger partial charge in [-0.05, 0) is 53.5 Å². The van der Waals surface area contributed by atoms with Crippen LogP contribution in [0.4, 0.5) is 14.6 Å². The van der Waals surface area contributed by atoms with E-state index in [-0.39, 0.29) is 44.2 Å². The molecule has 2 fully saturated rings. The number of anilines is 1. The van der Waals surface area contributed by atoms with Crippen LogP contribution in [0.25, 0.3) is 10.4 Å². The van der Waals surface area contributed by atoms with Crippen molar-refractivity contribution in [3.05, 3.63) is 28.5 Å². The fraction of sp³-hybridized carbons (Fsp3) is 0.583. The standard InChI is InChI=1S/C24H31F2N5O3S/c1-13-7-6-8-31(13)22(33)17-18(35-21(28-17)20(32)30-24(5)11-34-12-24)15-10-27-16(29-23(2,3)4)9-14(15)19(25)26/h9-10,13,19H,6-8,11-12H2,1-5H3,(H,27,29)(H,30,32)/t13-/m0/s1. The van der Waals surface area contributed by atoms with Gasteiger partial charge in [-0.2, -0.15) is 0 Å². The van der Waals surface area contributed by atoms with Crippen molar-refractivity contribution < 1.29 is 23.1 Å². The van der Waals surface area contributed by atoms with Crippen molar-refractivity contribution in [2.24, 2.45) is 0 Å². The van der Waals surface area contributed by atoms with E-state index in [0.717, 1.165) is 24.2 Å². The monoisotopic (exact) mass is 507 g/mol. The molecule has 0 aromatic carbocycles. The van der Waals surface area contributed by atoms with Gasteiger partial charge in [-0.25, -0.2) is 18.7 Å². The molecule has 35 heavy (non-hydrogen) atoms. The molecule has 0 saturated carbocycles. The van der Waals surface area contributed by atoms with Crippen LogP contribution in [-0.2, 0) is 4.74 Å². The Bertz CT molecular complexity index is 1130. The number of nitrogens with one attached hydrogen (secondary N) is 2. The van der Waals surface area contributed by atoms with Crippen molar-refractivity contribution in [1.29, 1.82) is 0 Å². The first-order valence-corrected chi connectivity index (χ1v) is 12.5. The number of alkyl halides is 2. The molecular formula is C24H31F2N5O3S. The Hall–Kier alpha value is -2.66. The summed E-state index contributed by atoms with van der Waals surface area (Å²) in [5.41, 5.74) is -1.07. The fourth-order valence-corrected chi connectivity index (χ4v) is 5.20. The molecular weight excluding hydrogens is 476 g/mol. The molecule has 190 valence electrons. The molecule has 2 aromatic heterocycles. The van der Waals surface area contributed by atoms with Crippen molar-refractivity contribution in [3.8, 4) is 10.4 Å². The predicted octanol–water partition coefficient (Wildman–Crippen LogP) is 4.50. The molecule has 4 heterocycles. The third-order valence-electron chi connectivity index (χ3n) is 6.01. The van der Waals surface area contributed by atoms with Crippen LogP contribution >= 0.6 is 11.3 Å². The van der Waals surface area contributed by atoms with Gasteiger partial charge in [-0.15, -0.1) is 11.3 Å². The molecule has 0 bridgehead atoms. The van der Waals surface area contributed by atoms with E-state index >= 15 is 0 Å². The summed E-state index contributed by atoms with van der Waals surface area (Å²) in [6.45, 7) is 10.8. The summed E-state index contributed by atoms with van der Waals surface area (Å²) in [6, 6.07) is 1.30. The van der Waals surface area contributed by atoms with Gasteiger partial charge in [0.05, 0.1) is 23.6 Å².